The van der Waals surface area contributed by atoms with Crippen molar-refractivity contribution in [1.29, 1.82) is 0 Å². The highest BCUT2D eigenvalue weighted by Crippen LogP contribution is 2.33. The summed E-state index contributed by atoms with van der Waals surface area (Å²) in [4.78, 5) is 0. The van der Waals surface area contributed by atoms with E-state index in [9.17, 15) is 18.3 Å². The van der Waals surface area contributed by atoms with E-state index in [0.717, 1.165) is 11.1 Å². The lowest BCUT2D eigenvalue weighted by Crippen LogP contribution is -2.20. The zero-order chi connectivity index (χ0) is 15.5. The molecule has 0 spiro atoms. The molecule has 0 saturated carbocycles. The third-order valence-electron chi connectivity index (χ3n) is 2.99. The zero-order valence-electron chi connectivity index (χ0n) is 12.5. The van der Waals surface area contributed by atoms with E-state index in [-0.39, 0.29) is 5.56 Å². The van der Waals surface area contributed by atoms with E-state index < -0.39 is 12.3 Å². The molecule has 1 unspecified atom stereocenters. The first kappa shape index (κ1) is 17.0. The van der Waals surface area contributed by atoms with Crippen molar-refractivity contribution < 1.29 is 18.3 Å². The van der Waals surface area contributed by atoms with Gasteiger partial charge in [-0.1, -0.05) is 45.9 Å². The second-order valence-corrected chi connectivity index (χ2v) is 6.22. The number of aliphatic hydroxyl groups excluding tert-OH is 1. The smallest absolute Gasteiger partial charge is 0.379 e. The van der Waals surface area contributed by atoms with Crippen LogP contribution in [0.15, 0.2) is 18.2 Å². The maximum absolute atomic E-state index is 12.7. The van der Waals surface area contributed by atoms with Gasteiger partial charge in [-0.15, -0.1) is 0 Å². The Labute approximate surface area is 118 Å². The van der Waals surface area contributed by atoms with Crippen molar-refractivity contribution in [2.75, 3.05) is 0 Å². The lowest BCUT2D eigenvalue weighted by atomic mass is 9.93. The molecule has 1 aromatic rings. The van der Waals surface area contributed by atoms with Gasteiger partial charge in [-0.25, -0.2) is 0 Å². The number of hydrogen-bond donors (Lipinski definition) is 1. The molecule has 1 nitrogen and oxygen atoms in total. The normalized spacial score (nSPS) is 14.1. The van der Waals surface area contributed by atoms with Crippen molar-refractivity contribution in [3.63, 3.8) is 0 Å². The number of halogens is 3. The molecular weight excluding hydrogens is 265 g/mol. The van der Waals surface area contributed by atoms with Crippen LogP contribution in [-0.2, 0) is 12.8 Å². The van der Waals surface area contributed by atoms with Gasteiger partial charge in [0.25, 0.3) is 0 Å². The van der Waals surface area contributed by atoms with E-state index in [2.05, 4.69) is 0 Å². The van der Waals surface area contributed by atoms with Gasteiger partial charge in [-0.05, 0) is 41.4 Å². The summed E-state index contributed by atoms with van der Waals surface area (Å²) in [5, 5.41) is 9.45. The van der Waals surface area contributed by atoms with Crippen molar-refractivity contribution in [3.8, 4) is 0 Å². The topological polar surface area (TPSA) is 20.2 Å². The van der Waals surface area contributed by atoms with Crippen molar-refractivity contribution >= 4 is 0 Å². The van der Waals surface area contributed by atoms with Gasteiger partial charge in [0.2, 0.25) is 0 Å². The minimum atomic E-state index is -4.62. The molecule has 0 aliphatic heterocycles. The standard InChI is InChI=1S/C16H23F3O/c1-10(2)5-12-7-13(6-11(3)4)9-14(8-12)15(20)16(17,18)19/h7-11,15,20H,5-6H2,1-4H3. The van der Waals surface area contributed by atoms with Gasteiger partial charge in [-0.3, -0.25) is 0 Å². The third kappa shape index (κ3) is 5.16. The highest BCUT2D eigenvalue weighted by molar-refractivity contribution is 5.32. The van der Waals surface area contributed by atoms with Gasteiger partial charge in [-0.2, -0.15) is 13.2 Å². The molecule has 0 heterocycles. The maximum atomic E-state index is 12.7. The molecule has 1 rings (SSSR count). The van der Waals surface area contributed by atoms with Gasteiger partial charge in [0.15, 0.2) is 6.10 Å². The van der Waals surface area contributed by atoms with Crippen molar-refractivity contribution in [2.45, 2.75) is 52.8 Å². The molecule has 0 amide bonds. The number of hydrogen-bond acceptors (Lipinski definition) is 1. The molecule has 0 aromatic heterocycles. The molecule has 0 aliphatic rings. The Morgan fingerprint density at radius 2 is 1.30 bits per heavy atom. The fraction of sp³-hybridized carbons (Fsp3) is 0.625. The quantitative estimate of drug-likeness (QED) is 0.834. The molecule has 20 heavy (non-hydrogen) atoms. The zero-order valence-corrected chi connectivity index (χ0v) is 12.5. The fourth-order valence-electron chi connectivity index (χ4n) is 2.32. The lowest BCUT2D eigenvalue weighted by molar-refractivity contribution is -0.206. The number of aliphatic hydroxyl groups is 1. The van der Waals surface area contributed by atoms with Gasteiger partial charge >= 0.3 is 6.18 Å². The van der Waals surface area contributed by atoms with Gasteiger partial charge in [0, 0.05) is 0 Å². The molecule has 1 N–H and O–H groups in total. The summed E-state index contributed by atoms with van der Waals surface area (Å²) in [7, 11) is 0. The summed E-state index contributed by atoms with van der Waals surface area (Å²) in [6, 6.07) is 4.90. The van der Waals surface area contributed by atoms with E-state index in [0.29, 0.717) is 24.7 Å². The fourth-order valence-corrected chi connectivity index (χ4v) is 2.32. The van der Waals surface area contributed by atoms with Crippen LogP contribution in [0.3, 0.4) is 0 Å². The second-order valence-electron chi connectivity index (χ2n) is 6.22. The number of alkyl halides is 3. The van der Waals surface area contributed by atoms with Crippen LogP contribution in [0, 0.1) is 11.8 Å². The Morgan fingerprint density at radius 1 is 0.900 bits per heavy atom. The Balaban J connectivity index is 3.15. The van der Waals surface area contributed by atoms with Crippen molar-refractivity contribution in [2.24, 2.45) is 11.8 Å². The Hall–Kier alpha value is -1.03. The van der Waals surface area contributed by atoms with Crippen LogP contribution in [0.4, 0.5) is 13.2 Å². The third-order valence-corrected chi connectivity index (χ3v) is 2.99. The van der Waals surface area contributed by atoms with Crippen molar-refractivity contribution in [3.05, 3.63) is 34.9 Å². The van der Waals surface area contributed by atoms with Crippen LogP contribution < -0.4 is 0 Å². The largest absolute Gasteiger partial charge is 0.418 e. The Morgan fingerprint density at radius 3 is 1.60 bits per heavy atom. The first-order chi connectivity index (χ1) is 9.09. The Kier molecular flexibility index (Phi) is 5.63. The minimum Gasteiger partial charge on any atom is -0.379 e. The molecule has 0 saturated heterocycles. The van der Waals surface area contributed by atoms with Crippen LogP contribution in [0.25, 0.3) is 0 Å². The summed E-state index contributed by atoms with van der Waals surface area (Å²) in [5.74, 6) is 0.723. The molecule has 114 valence electrons. The summed E-state index contributed by atoms with van der Waals surface area (Å²) in [6.07, 6.45) is -5.60. The highest BCUT2D eigenvalue weighted by atomic mass is 19.4. The first-order valence-corrected chi connectivity index (χ1v) is 6.97. The molecular formula is C16H23F3O. The van der Waals surface area contributed by atoms with Gasteiger partial charge < -0.3 is 5.11 Å². The molecule has 0 aliphatic carbocycles. The average Bonchev–Trinajstić information content (AvgIpc) is 2.24. The summed E-state index contributed by atoms with van der Waals surface area (Å²) >= 11 is 0. The minimum absolute atomic E-state index is 0.0497. The second kappa shape index (κ2) is 6.61. The predicted octanol–water partition coefficient (Wildman–Crippen LogP) is 4.68. The van der Waals surface area contributed by atoms with E-state index in [1.54, 1.807) is 0 Å². The van der Waals surface area contributed by atoms with Crippen LogP contribution >= 0.6 is 0 Å². The molecule has 0 radical (unpaired) electrons. The van der Waals surface area contributed by atoms with Crippen LogP contribution in [0.5, 0.6) is 0 Å². The van der Waals surface area contributed by atoms with E-state index in [4.69, 9.17) is 0 Å². The predicted molar refractivity (Wildman–Crippen MR) is 74.5 cm³/mol. The van der Waals surface area contributed by atoms with Crippen LogP contribution in [0.2, 0.25) is 0 Å². The van der Waals surface area contributed by atoms with Gasteiger partial charge in [0.1, 0.15) is 0 Å². The number of rotatable bonds is 5. The summed E-state index contributed by atoms with van der Waals surface area (Å²) < 4.78 is 38.0. The average molecular weight is 288 g/mol. The van der Waals surface area contributed by atoms with Crippen LogP contribution in [-0.4, -0.2) is 11.3 Å². The van der Waals surface area contributed by atoms with E-state index in [1.165, 1.54) is 12.1 Å². The monoisotopic (exact) mass is 288 g/mol. The van der Waals surface area contributed by atoms with Crippen molar-refractivity contribution in [1.82, 2.24) is 0 Å². The summed E-state index contributed by atoms with van der Waals surface area (Å²) in [6.45, 7) is 8.09. The Bertz CT molecular complexity index is 408. The first-order valence-electron chi connectivity index (χ1n) is 6.97. The molecule has 1 aromatic carbocycles. The summed E-state index contributed by atoms with van der Waals surface area (Å²) in [5.41, 5.74) is 1.67. The van der Waals surface area contributed by atoms with E-state index >= 15 is 0 Å². The molecule has 0 fully saturated rings. The molecule has 0 bridgehead atoms. The van der Waals surface area contributed by atoms with Crippen LogP contribution in [0.1, 0.15) is 50.5 Å². The molecule has 4 heteroatoms. The lowest BCUT2D eigenvalue weighted by Gasteiger charge is -2.18. The maximum Gasteiger partial charge on any atom is 0.418 e. The SMILES string of the molecule is CC(C)Cc1cc(CC(C)C)cc(C(O)C(F)(F)F)c1. The number of benzene rings is 1. The highest BCUT2D eigenvalue weighted by Gasteiger charge is 2.39. The van der Waals surface area contributed by atoms with E-state index in [1.807, 2.05) is 33.8 Å². The molecule has 1 atom stereocenters. The van der Waals surface area contributed by atoms with Gasteiger partial charge in [0.05, 0.1) is 0 Å².